The fourth-order valence-electron chi connectivity index (χ4n) is 3.17. The molecule has 0 bridgehead atoms. The quantitative estimate of drug-likeness (QED) is 0.793. The zero-order valence-corrected chi connectivity index (χ0v) is 16.3. The smallest absolute Gasteiger partial charge is 0.294 e. The number of hydrogen-bond acceptors (Lipinski definition) is 5. The second-order valence-corrected chi connectivity index (χ2v) is 7.13. The molecule has 1 heterocycles. The molecular weight excluding hydrogens is 354 g/mol. The maximum absolute atomic E-state index is 13.0. The number of nitrogens with zero attached hydrogens (tertiary/aromatic N) is 2. The summed E-state index contributed by atoms with van der Waals surface area (Å²) in [6.07, 6.45) is 3.79. The first-order valence-electron chi connectivity index (χ1n) is 8.64. The molecule has 0 saturated heterocycles. The van der Waals surface area contributed by atoms with Gasteiger partial charge in [0.15, 0.2) is 5.82 Å². The summed E-state index contributed by atoms with van der Waals surface area (Å²) < 4.78 is 12.3. The molecule has 0 spiro atoms. The second-order valence-electron chi connectivity index (χ2n) is 6.75. The van der Waals surface area contributed by atoms with E-state index in [9.17, 15) is 4.79 Å². The number of aromatic nitrogens is 2. The summed E-state index contributed by atoms with van der Waals surface area (Å²) in [6.45, 7) is 4.38. The van der Waals surface area contributed by atoms with Crippen LogP contribution in [0.1, 0.15) is 30.0 Å². The number of hydrogen-bond donors (Lipinski definition) is 1. The Labute approximate surface area is 158 Å². The van der Waals surface area contributed by atoms with Crippen LogP contribution in [0.2, 0.25) is 5.15 Å². The lowest BCUT2D eigenvalue weighted by atomic mass is 10.1. The fourth-order valence-corrected chi connectivity index (χ4v) is 3.36. The van der Waals surface area contributed by atoms with Crippen LogP contribution < -0.4 is 15.6 Å². The van der Waals surface area contributed by atoms with Gasteiger partial charge in [-0.15, -0.1) is 0 Å². The molecule has 1 atom stereocenters. The van der Waals surface area contributed by atoms with Gasteiger partial charge in [0, 0.05) is 19.0 Å². The standard InChI is InChI=1S/C19H24ClN3O3/c1-11-8-16(26-4)12(2)7-14(11)21-18-19(24)23(9-17(20)22-18)15(10-25-3)13-5-6-13/h7-9,13,15H,5-6,10H2,1-4H3,(H,21,22)/t15-/m1/s1. The number of benzene rings is 1. The number of nitrogens with one attached hydrogen (secondary N) is 1. The highest BCUT2D eigenvalue weighted by atomic mass is 35.5. The first-order chi connectivity index (χ1) is 12.4. The van der Waals surface area contributed by atoms with Crippen molar-refractivity contribution in [2.75, 3.05) is 26.1 Å². The lowest BCUT2D eigenvalue weighted by molar-refractivity contribution is 0.143. The van der Waals surface area contributed by atoms with E-state index in [-0.39, 0.29) is 22.6 Å². The van der Waals surface area contributed by atoms with Crippen LogP contribution in [-0.4, -0.2) is 30.4 Å². The Morgan fingerprint density at radius 2 is 2.04 bits per heavy atom. The van der Waals surface area contributed by atoms with Crippen molar-refractivity contribution in [2.45, 2.75) is 32.7 Å². The molecule has 2 aromatic rings. The Morgan fingerprint density at radius 3 is 2.65 bits per heavy atom. The Kier molecular flexibility index (Phi) is 5.53. The summed E-state index contributed by atoms with van der Waals surface area (Å²) in [7, 11) is 3.28. The highest BCUT2D eigenvalue weighted by molar-refractivity contribution is 6.29. The van der Waals surface area contributed by atoms with Crippen LogP contribution in [0.4, 0.5) is 11.5 Å². The monoisotopic (exact) mass is 377 g/mol. The average Bonchev–Trinajstić information content (AvgIpc) is 3.43. The van der Waals surface area contributed by atoms with E-state index in [1.54, 1.807) is 25.0 Å². The largest absolute Gasteiger partial charge is 0.496 e. The number of anilines is 2. The van der Waals surface area contributed by atoms with Gasteiger partial charge in [0.05, 0.1) is 19.8 Å². The van der Waals surface area contributed by atoms with Gasteiger partial charge in [-0.1, -0.05) is 11.6 Å². The number of rotatable bonds is 7. The Morgan fingerprint density at radius 1 is 1.31 bits per heavy atom. The molecule has 140 valence electrons. The van der Waals surface area contributed by atoms with Gasteiger partial charge in [0.1, 0.15) is 10.9 Å². The first-order valence-corrected chi connectivity index (χ1v) is 9.02. The summed E-state index contributed by atoms with van der Waals surface area (Å²) in [6, 6.07) is 3.85. The molecule has 1 fully saturated rings. The predicted molar refractivity (Wildman–Crippen MR) is 103 cm³/mol. The molecule has 1 aromatic heterocycles. The number of ether oxygens (including phenoxy) is 2. The van der Waals surface area contributed by atoms with Crippen molar-refractivity contribution in [3.05, 3.63) is 45.0 Å². The Bertz CT molecular complexity index is 862. The van der Waals surface area contributed by atoms with Crippen molar-refractivity contribution >= 4 is 23.1 Å². The number of methoxy groups -OCH3 is 2. The van der Waals surface area contributed by atoms with E-state index in [1.165, 1.54) is 0 Å². The molecule has 1 saturated carbocycles. The normalized spacial score (nSPS) is 15.0. The SMILES string of the molecule is COC[C@H](C1CC1)n1cc(Cl)nc(Nc2cc(C)c(OC)cc2C)c1=O. The highest BCUT2D eigenvalue weighted by Gasteiger charge is 2.33. The molecule has 0 radical (unpaired) electrons. The summed E-state index contributed by atoms with van der Waals surface area (Å²) in [5.41, 5.74) is 2.53. The maximum atomic E-state index is 13.0. The third-order valence-electron chi connectivity index (χ3n) is 4.76. The maximum Gasteiger partial charge on any atom is 0.294 e. The lowest BCUT2D eigenvalue weighted by Crippen LogP contribution is -2.30. The van der Waals surface area contributed by atoms with E-state index in [1.807, 2.05) is 26.0 Å². The fraction of sp³-hybridized carbons (Fsp3) is 0.474. The van der Waals surface area contributed by atoms with E-state index >= 15 is 0 Å². The van der Waals surface area contributed by atoms with Crippen molar-refractivity contribution in [1.29, 1.82) is 0 Å². The van der Waals surface area contributed by atoms with E-state index in [4.69, 9.17) is 21.1 Å². The molecule has 1 aromatic carbocycles. The van der Waals surface area contributed by atoms with Gasteiger partial charge in [-0.25, -0.2) is 4.98 Å². The molecule has 1 aliphatic rings. The van der Waals surface area contributed by atoms with Gasteiger partial charge in [0.25, 0.3) is 5.56 Å². The molecule has 1 N–H and O–H groups in total. The Hall–Kier alpha value is -2.05. The topological polar surface area (TPSA) is 65.4 Å². The van der Waals surface area contributed by atoms with E-state index in [0.717, 1.165) is 35.4 Å². The average molecular weight is 378 g/mol. The van der Waals surface area contributed by atoms with Crippen LogP contribution in [0, 0.1) is 19.8 Å². The molecule has 0 aliphatic heterocycles. The summed E-state index contributed by atoms with van der Waals surface area (Å²) in [5, 5.41) is 3.42. The van der Waals surface area contributed by atoms with E-state index in [2.05, 4.69) is 10.3 Å². The Balaban J connectivity index is 1.99. The number of halogens is 1. The predicted octanol–water partition coefficient (Wildman–Crippen LogP) is 3.86. The van der Waals surface area contributed by atoms with Gasteiger partial charge < -0.3 is 19.4 Å². The van der Waals surface area contributed by atoms with Crippen LogP contribution in [0.15, 0.2) is 23.1 Å². The van der Waals surface area contributed by atoms with Crippen molar-refractivity contribution in [2.24, 2.45) is 5.92 Å². The highest BCUT2D eigenvalue weighted by Crippen LogP contribution is 2.39. The van der Waals surface area contributed by atoms with Crippen LogP contribution in [0.25, 0.3) is 0 Å². The van der Waals surface area contributed by atoms with Crippen LogP contribution in [0.5, 0.6) is 5.75 Å². The van der Waals surface area contributed by atoms with E-state index < -0.39 is 0 Å². The van der Waals surface area contributed by atoms with Gasteiger partial charge >= 0.3 is 0 Å². The van der Waals surface area contributed by atoms with Crippen molar-refractivity contribution in [3.63, 3.8) is 0 Å². The third-order valence-corrected chi connectivity index (χ3v) is 4.94. The summed E-state index contributed by atoms with van der Waals surface area (Å²) in [4.78, 5) is 17.2. The lowest BCUT2D eigenvalue weighted by Gasteiger charge is -2.20. The van der Waals surface area contributed by atoms with Gasteiger partial charge in [-0.3, -0.25) is 4.79 Å². The van der Waals surface area contributed by atoms with Gasteiger partial charge in [-0.05, 0) is 55.9 Å². The van der Waals surface area contributed by atoms with E-state index in [0.29, 0.717) is 12.5 Å². The molecule has 1 aliphatic carbocycles. The molecule has 26 heavy (non-hydrogen) atoms. The molecule has 6 nitrogen and oxygen atoms in total. The minimum Gasteiger partial charge on any atom is -0.496 e. The molecule has 3 rings (SSSR count). The van der Waals surface area contributed by atoms with Gasteiger partial charge in [-0.2, -0.15) is 0 Å². The minimum absolute atomic E-state index is 0.0211. The molecular formula is C19H24ClN3O3. The summed E-state index contributed by atoms with van der Waals surface area (Å²) >= 11 is 6.20. The van der Waals surface area contributed by atoms with Crippen LogP contribution in [-0.2, 0) is 4.74 Å². The van der Waals surface area contributed by atoms with Gasteiger partial charge in [0.2, 0.25) is 0 Å². The molecule has 0 amide bonds. The van der Waals surface area contributed by atoms with Crippen molar-refractivity contribution < 1.29 is 9.47 Å². The second kappa shape index (κ2) is 7.68. The van der Waals surface area contributed by atoms with Crippen molar-refractivity contribution in [3.8, 4) is 5.75 Å². The van der Waals surface area contributed by atoms with Crippen LogP contribution in [0.3, 0.4) is 0 Å². The summed E-state index contributed by atoms with van der Waals surface area (Å²) in [5.74, 6) is 1.47. The van der Waals surface area contributed by atoms with Crippen molar-refractivity contribution in [1.82, 2.24) is 9.55 Å². The zero-order chi connectivity index (χ0) is 18.8. The zero-order valence-electron chi connectivity index (χ0n) is 15.5. The first kappa shape index (κ1) is 18.7. The molecule has 0 unspecified atom stereocenters. The third kappa shape index (κ3) is 3.86. The minimum atomic E-state index is -0.198. The van der Waals surface area contributed by atoms with Crippen LogP contribution >= 0.6 is 11.6 Å². The number of aryl methyl sites for hydroxylation is 2. The molecule has 7 heteroatoms.